The second-order valence-corrected chi connectivity index (χ2v) is 5.38. The summed E-state index contributed by atoms with van der Waals surface area (Å²) in [4.78, 5) is 16.7. The molecule has 0 fully saturated rings. The van der Waals surface area contributed by atoms with E-state index in [-0.39, 0.29) is 18.5 Å². The lowest BCUT2D eigenvalue weighted by atomic mass is 10.1. The normalized spacial score (nSPS) is 12.5. The number of nitrogens with two attached hydrogens (primary N) is 1. The van der Waals surface area contributed by atoms with Crippen molar-refractivity contribution in [2.75, 3.05) is 6.54 Å². The summed E-state index contributed by atoms with van der Waals surface area (Å²) in [6.07, 6.45) is 3.12. The average Bonchev–Trinajstić information content (AvgIpc) is 2.79. The van der Waals surface area contributed by atoms with Crippen LogP contribution >= 0.6 is 0 Å². The summed E-state index contributed by atoms with van der Waals surface area (Å²) in [5.41, 5.74) is 7.63. The van der Waals surface area contributed by atoms with Crippen molar-refractivity contribution in [1.82, 2.24) is 14.9 Å². The fourth-order valence-electron chi connectivity index (χ4n) is 2.51. The van der Waals surface area contributed by atoms with Gasteiger partial charge >= 0.3 is 0 Å². The van der Waals surface area contributed by atoms with Crippen LogP contribution in [0.25, 0.3) is 11.0 Å². The summed E-state index contributed by atoms with van der Waals surface area (Å²) in [6.45, 7) is 4.82. The van der Waals surface area contributed by atoms with Crippen molar-refractivity contribution in [3.05, 3.63) is 30.1 Å². The van der Waals surface area contributed by atoms with Crippen molar-refractivity contribution in [3.63, 3.8) is 0 Å². The summed E-state index contributed by atoms with van der Waals surface area (Å²) < 4.78 is 1.94. The molecule has 1 atom stereocenters. The largest absolute Gasteiger partial charge is 0.351 e. The van der Waals surface area contributed by atoms with Crippen LogP contribution in [0.2, 0.25) is 0 Å². The number of benzene rings is 1. The van der Waals surface area contributed by atoms with Crippen molar-refractivity contribution >= 4 is 16.9 Å². The second kappa shape index (κ2) is 7.22. The molecule has 0 saturated heterocycles. The molecular weight excluding hydrogens is 264 g/mol. The number of para-hydroxylation sites is 2. The Morgan fingerprint density at radius 3 is 2.90 bits per heavy atom. The van der Waals surface area contributed by atoms with E-state index >= 15 is 0 Å². The third-order valence-corrected chi connectivity index (χ3v) is 3.70. The van der Waals surface area contributed by atoms with Gasteiger partial charge in [0.05, 0.1) is 11.0 Å². The number of aromatic nitrogens is 2. The quantitative estimate of drug-likeness (QED) is 0.818. The first kappa shape index (κ1) is 15.5. The van der Waals surface area contributed by atoms with Crippen LogP contribution in [0.1, 0.15) is 32.0 Å². The third-order valence-electron chi connectivity index (χ3n) is 3.70. The van der Waals surface area contributed by atoms with Crippen LogP contribution in [0.4, 0.5) is 0 Å². The van der Waals surface area contributed by atoms with Gasteiger partial charge in [-0.2, -0.15) is 0 Å². The first-order valence-corrected chi connectivity index (χ1v) is 7.57. The molecule has 2 rings (SSSR count). The van der Waals surface area contributed by atoms with E-state index in [1.165, 1.54) is 0 Å². The number of fused-ring (bicyclic) bond motifs is 1. The van der Waals surface area contributed by atoms with Crippen LogP contribution in [0.3, 0.4) is 0 Å². The average molecular weight is 288 g/mol. The SMILES string of the molecule is CCCCC(CN)NC(=O)Cn1c(C)nc2ccccc21. The van der Waals surface area contributed by atoms with E-state index in [1.54, 1.807) is 0 Å². The molecule has 1 aromatic carbocycles. The van der Waals surface area contributed by atoms with Crippen LogP contribution < -0.4 is 11.1 Å². The number of amides is 1. The van der Waals surface area contributed by atoms with E-state index < -0.39 is 0 Å². The molecule has 0 saturated carbocycles. The Morgan fingerprint density at radius 2 is 2.19 bits per heavy atom. The predicted octanol–water partition coefficient (Wildman–Crippen LogP) is 1.98. The molecule has 0 aliphatic carbocycles. The maximum atomic E-state index is 12.2. The zero-order chi connectivity index (χ0) is 15.2. The number of nitrogens with zero attached hydrogens (tertiary/aromatic N) is 2. The number of nitrogens with one attached hydrogen (secondary N) is 1. The molecule has 0 spiro atoms. The van der Waals surface area contributed by atoms with Gasteiger partial charge in [0.1, 0.15) is 12.4 Å². The van der Waals surface area contributed by atoms with Gasteiger partial charge in [-0.15, -0.1) is 0 Å². The number of hydrogen-bond donors (Lipinski definition) is 2. The summed E-state index contributed by atoms with van der Waals surface area (Å²) in [7, 11) is 0. The van der Waals surface area contributed by atoms with Crippen molar-refractivity contribution in [2.24, 2.45) is 5.73 Å². The minimum absolute atomic E-state index is 0.00666. The fourth-order valence-corrected chi connectivity index (χ4v) is 2.51. The number of rotatable bonds is 7. The lowest BCUT2D eigenvalue weighted by Crippen LogP contribution is -2.41. The highest BCUT2D eigenvalue weighted by molar-refractivity contribution is 5.81. The molecule has 114 valence electrons. The van der Waals surface area contributed by atoms with Crippen molar-refractivity contribution in [3.8, 4) is 0 Å². The Balaban J connectivity index is 2.05. The van der Waals surface area contributed by atoms with Crippen LogP contribution in [0.5, 0.6) is 0 Å². The van der Waals surface area contributed by atoms with Crippen LogP contribution in [-0.2, 0) is 11.3 Å². The van der Waals surface area contributed by atoms with E-state index in [0.717, 1.165) is 36.1 Å². The van der Waals surface area contributed by atoms with E-state index in [4.69, 9.17) is 5.73 Å². The Morgan fingerprint density at radius 1 is 1.43 bits per heavy atom. The lowest BCUT2D eigenvalue weighted by molar-refractivity contribution is -0.122. The molecule has 0 aliphatic heterocycles. The summed E-state index contributed by atoms with van der Waals surface area (Å²) in [5, 5.41) is 3.02. The molecule has 3 N–H and O–H groups in total. The number of unbranched alkanes of at least 4 members (excludes halogenated alkanes) is 1. The van der Waals surface area contributed by atoms with E-state index in [1.807, 2.05) is 35.8 Å². The van der Waals surface area contributed by atoms with Crippen LogP contribution in [-0.4, -0.2) is 28.0 Å². The molecule has 1 amide bonds. The first-order chi connectivity index (χ1) is 10.2. The highest BCUT2D eigenvalue weighted by Gasteiger charge is 2.13. The van der Waals surface area contributed by atoms with Gasteiger partial charge in [-0.1, -0.05) is 31.9 Å². The molecule has 1 aromatic heterocycles. The van der Waals surface area contributed by atoms with Gasteiger partial charge in [-0.3, -0.25) is 4.79 Å². The fraction of sp³-hybridized carbons (Fsp3) is 0.500. The Hall–Kier alpha value is -1.88. The van der Waals surface area contributed by atoms with Gasteiger partial charge in [0.2, 0.25) is 5.91 Å². The highest BCUT2D eigenvalue weighted by atomic mass is 16.2. The maximum absolute atomic E-state index is 12.2. The monoisotopic (exact) mass is 288 g/mol. The zero-order valence-electron chi connectivity index (χ0n) is 12.8. The van der Waals surface area contributed by atoms with Gasteiger partial charge < -0.3 is 15.6 Å². The van der Waals surface area contributed by atoms with Crippen molar-refractivity contribution in [1.29, 1.82) is 0 Å². The Bertz CT molecular complexity index is 605. The van der Waals surface area contributed by atoms with Gasteiger partial charge in [0, 0.05) is 12.6 Å². The van der Waals surface area contributed by atoms with Crippen LogP contribution in [0, 0.1) is 6.92 Å². The van der Waals surface area contributed by atoms with Gasteiger partial charge in [-0.05, 0) is 25.5 Å². The predicted molar refractivity (Wildman–Crippen MR) is 85.0 cm³/mol. The zero-order valence-corrected chi connectivity index (χ0v) is 12.8. The topological polar surface area (TPSA) is 72.9 Å². The minimum atomic E-state index is -0.00666. The van der Waals surface area contributed by atoms with Crippen LogP contribution in [0.15, 0.2) is 24.3 Å². The lowest BCUT2D eigenvalue weighted by Gasteiger charge is -2.17. The number of aryl methyl sites for hydroxylation is 1. The van der Waals surface area contributed by atoms with E-state index in [0.29, 0.717) is 6.54 Å². The van der Waals surface area contributed by atoms with E-state index in [2.05, 4.69) is 17.2 Å². The summed E-state index contributed by atoms with van der Waals surface area (Å²) in [6, 6.07) is 7.92. The third kappa shape index (κ3) is 3.82. The molecule has 5 nitrogen and oxygen atoms in total. The molecule has 21 heavy (non-hydrogen) atoms. The minimum Gasteiger partial charge on any atom is -0.351 e. The van der Waals surface area contributed by atoms with Gasteiger partial charge in [0.15, 0.2) is 0 Å². The number of imidazole rings is 1. The molecular formula is C16H24N4O. The second-order valence-electron chi connectivity index (χ2n) is 5.38. The summed E-state index contributed by atoms with van der Waals surface area (Å²) >= 11 is 0. The summed E-state index contributed by atoms with van der Waals surface area (Å²) in [5.74, 6) is 0.844. The molecule has 0 radical (unpaired) electrons. The molecule has 0 bridgehead atoms. The maximum Gasteiger partial charge on any atom is 0.240 e. The van der Waals surface area contributed by atoms with Crippen molar-refractivity contribution in [2.45, 2.75) is 45.7 Å². The smallest absolute Gasteiger partial charge is 0.240 e. The molecule has 0 aliphatic rings. The standard InChI is InChI=1S/C16H24N4O/c1-3-4-7-13(10-17)19-16(21)11-20-12(2)18-14-8-5-6-9-15(14)20/h5-6,8-9,13H,3-4,7,10-11,17H2,1-2H3,(H,19,21). The van der Waals surface area contributed by atoms with Crippen molar-refractivity contribution < 1.29 is 4.79 Å². The highest BCUT2D eigenvalue weighted by Crippen LogP contribution is 2.15. The first-order valence-electron chi connectivity index (χ1n) is 7.57. The van der Waals surface area contributed by atoms with E-state index in [9.17, 15) is 4.79 Å². The van der Waals surface area contributed by atoms with Gasteiger partial charge in [0.25, 0.3) is 0 Å². The number of carbonyl (C=O) groups excluding carboxylic acids is 1. The molecule has 1 heterocycles. The number of hydrogen-bond acceptors (Lipinski definition) is 3. The van der Waals surface area contributed by atoms with Gasteiger partial charge in [-0.25, -0.2) is 4.98 Å². The molecule has 2 aromatic rings. The Kier molecular flexibility index (Phi) is 5.33. The molecule has 5 heteroatoms. The molecule has 1 unspecified atom stereocenters. The Labute approximate surface area is 125 Å². The number of carbonyl (C=O) groups is 1.